The second-order valence-corrected chi connectivity index (χ2v) is 2.62. The van der Waals surface area contributed by atoms with Crippen LogP contribution in [-0.2, 0) is 0 Å². The van der Waals surface area contributed by atoms with Gasteiger partial charge in [0.1, 0.15) is 0 Å². The van der Waals surface area contributed by atoms with Crippen LogP contribution in [0, 0.1) is 0 Å². The van der Waals surface area contributed by atoms with Gasteiger partial charge < -0.3 is 0 Å². The zero-order chi connectivity index (χ0) is 7.98. The molecule has 0 amide bonds. The lowest BCUT2D eigenvalue weighted by molar-refractivity contribution is 0.591. The van der Waals surface area contributed by atoms with E-state index < -0.39 is 0 Å². The fraction of sp³-hybridized carbons (Fsp3) is 0.500. The van der Waals surface area contributed by atoms with Crippen molar-refractivity contribution in [3.8, 4) is 0 Å². The Morgan fingerprint density at radius 1 is 1.00 bits per heavy atom. The smallest absolute Gasteiger partial charge is 0.0305 e. The molecule has 0 fully saturated rings. The average Bonchev–Trinajstić information content (AvgIpc) is 1.79. The first-order valence-electron chi connectivity index (χ1n) is 3.37. The summed E-state index contributed by atoms with van der Waals surface area (Å²) >= 11 is 0. The van der Waals surface area contributed by atoms with E-state index in [0.717, 1.165) is 24.2 Å². The van der Waals surface area contributed by atoms with E-state index in [-0.39, 0.29) is 0 Å². The molecular formula is C8H16N2. The van der Waals surface area contributed by atoms with Crippen LogP contribution in [0.25, 0.3) is 0 Å². The molecular weight excluding hydrogens is 124 g/mol. The van der Waals surface area contributed by atoms with Gasteiger partial charge in [-0.15, -0.1) is 0 Å². The van der Waals surface area contributed by atoms with Gasteiger partial charge in [0.05, 0.1) is 0 Å². The summed E-state index contributed by atoms with van der Waals surface area (Å²) in [6.45, 7) is 13.1. The molecule has 2 heteroatoms. The maximum atomic E-state index is 3.75. The molecule has 10 heavy (non-hydrogen) atoms. The van der Waals surface area contributed by atoms with Crippen LogP contribution >= 0.6 is 0 Å². The molecule has 0 aromatic carbocycles. The molecule has 0 saturated heterocycles. The minimum absolute atomic E-state index is 0.813. The zero-order valence-electron chi connectivity index (χ0n) is 6.83. The van der Waals surface area contributed by atoms with Crippen LogP contribution in [0.3, 0.4) is 0 Å². The van der Waals surface area contributed by atoms with Crippen LogP contribution in [0.5, 0.6) is 0 Å². The second-order valence-electron chi connectivity index (χ2n) is 2.62. The molecule has 0 aliphatic carbocycles. The van der Waals surface area contributed by atoms with Gasteiger partial charge in [0.25, 0.3) is 0 Å². The SMILES string of the molecule is C=C(C)CNNCC(=C)C. The van der Waals surface area contributed by atoms with E-state index in [1.54, 1.807) is 0 Å². The first-order chi connectivity index (χ1) is 4.63. The Labute approximate surface area is 63.0 Å². The first-order valence-corrected chi connectivity index (χ1v) is 3.37. The number of nitrogens with one attached hydrogen (secondary N) is 2. The Morgan fingerprint density at radius 2 is 1.30 bits per heavy atom. The van der Waals surface area contributed by atoms with Crippen molar-refractivity contribution in [3.63, 3.8) is 0 Å². The summed E-state index contributed by atoms with van der Waals surface area (Å²) in [6.07, 6.45) is 0. The molecule has 0 aliphatic rings. The summed E-state index contributed by atoms with van der Waals surface area (Å²) in [4.78, 5) is 0. The lowest BCUT2D eigenvalue weighted by atomic mass is 10.3. The van der Waals surface area contributed by atoms with Gasteiger partial charge >= 0.3 is 0 Å². The van der Waals surface area contributed by atoms with Crippen molar-refractivity contribution in [3.05, 3.63) is 24.3 Å². The Morgan fingerprint density at radius 3 is 1.50 bits per heavy atom. The summed E-state index contributed by atoms with van der Waals surface area (Å²) in [7, 11) is 0. The van der Waals surface area contributed by atoms with Gasteiger partial charge in [0.15, 0.2) is 0 Å². The van der Waals surface area contributed by atoms with Crippen molar-refractivity contribution in [1.29, 1.82) is 0 Å². The minimum atomic E-state index is 0.813. The maximum absolute atomic E-state index is 3.75. The van der Waals surface area contributed by atoms with E-state index in [1.165, 1.54) is 0 Å². The normalized spacial score (nSPS) is 9.40. The van der Waals surface area contributed by atoms with E-state index in [9.17, 15) is 0 Å². The van der Waals surface area contributed by atoms with Gasteiger partial charge in [-0.2, -0.15) is 0 Å². The van der Waals surface area contributed by atoms with Crippen LogP contribution in [0.4, 0.5) is 0 Å². The third kappa shape index (κ3) is 7.40. The van der Waals surface area contributed by atoms with Crippen LogP contribution in [0.1, 0.15) is 13.8 Å². The highest BCUT2D eigenvalue weighted by molar-refractivity contribution is 4.92. The molecule has 0 radical (unpaired) electrons. The Bertz CT molecular complexity index is 111. The van der Waals surface area contributed by atoms with Gasteiger partial charge in [0.2, 0.25) is 0 Å². The van der Waals surface area contributed by atoms with Crippen LogP contribution < -0.4 is 10.9 Å². The largest absolute Gasteiger partial charge is 0.253 e. The summed E-state index contributed by atoms with van der Waals surface area (Å²) in [6, 6.07) is 0. The highest BCUT2D eigenvalue weighted by Crippen LogP contribution is 1.81. The number of hydrazine groups is 1. The van der Waals surface area contributed by atoms with Crippen LogP contribution in [-0.4, -0.2) is 13.1 Å². The third-order valence-electron chi connectivity index (χ3n) is 0.905. The molecule has 0 heterocycles. The fourth-order valence-electron chi connectivity index (χ4n) is 0.427. The number of hydrogen-bond donors (Lipinski definition) is 2. The molecule has 0 rings (SSSR count). The van der Waals surface area contributed by atoms with Gasteiger partial charge in [0, 0.05) is 13.1 Å². The number of hydrogen-bond acceptors (Lipinski definition) is 2. The third-order valence-corrected chi connectivity index (χ3v) is 0.905. The van der Waals surface area contributed by atoms with Crippen molar-refractivity contribution in [2.24, 2.45) is 0 Å². The summed E-state index contributed by atoms with van der Waals surface area (Å²) in [5, 5.41) is 0. The molecule has 2 nitrogen and oxygen atoms in total. The Hall–Kier alpha value is -0.600. The summed E-state index contributed by atoms with van der Waals surface area (Å²) < 4.78 is 0. The van der Waals surface area contributed by atoms with Gasteiger partial charge in [-0.05, 0) is 13.8 Å². The lowest BCUT2D eigenvalue weighted by Gasteiger charge is -2.05. The first kappa shape index (κ1) is 9.40. The standard InChI is InChI=1S/C8H16N2/c1-7(2)5-9-10-6-8(3)4/h9-10H,1,3,5-6H2,2,4H3. The fourth-order valence-corrected chi connectivity index (χ4v) is 0.427. The van der Waals surface area contributed by atoms with E-state index in [2.05, 4.69) is 24.0 Å². The zero-order valence-corrected chi connectivity index (χ0v) is 6.83. The van der Waals surface area contributed by atoms with Gasteiger partial charge in [-0.1, -0.05) is 24.3 Å². The topological polar surface area (TPSA) is 24.1 Å². The molecule has 0 bridgehead atoms. The lowest BCUT2D eigenvalue weighted by Crippen LogP contribution is -2.33. The molecule has 0 aromatic heterocycles. The molecule has 0 atom stereocenters. The summed E-state index contributed by atoms with van der Waals surface area (Å²) in [5.74, 6) is 0. The van der Waals surface area contributed by atoms with Gasteiger partial charge in [-0.25, -0.2) is 0 Å². The molecule has 0 spiro atoms. The van der Waals surface area contributed by atoms with E-state index in [1.807, 2.05) is 13.8 Å². The van der Waals surface area contributed by atoms with Crippen LogP contribution in [0.15, 0.2) is 24.3 Å². The number of rotatable bonds is 5. The molecule has 58 valence electrons. The molecule has 0 saturated carbocycles. The molecule has 0 aliphatic heterocycles. The predicted octanol–water partition coefficient (Wildman–Crippen LogP) is 1.23. The van der Waals surface area contributed by atoms with Crippen molar-refractivity contribution < 1.29 is 0 Å². The molecule has 0 unspecified atom stereocenters. The second kappa shape index (κ2) is 5.21. The quantitative estimate of drug-likeness (QED) is 0.341. The predicted molar refractivity (Wildman–Crippen MR) is 45.6 cm³/mol. The monoisotopic (exact) mass is 140 g/mol. The van der Waals surface area contributed by atoms with Gasteiger partial charge in [-0.3, -0.25) is 10.9 Å². The maximum Gasteiger partial charge on any atom is 0.0305 e. The van der Waals surface area contributed by atoms with Crippen molar-refractivity contribution in [1.82, 2.24) is 10.9 Å². The van der Waals surface area contributed by atoms with E-state index in [0.29, 0.717) is 0 Å². The van der Waals surface area contributed by atoms with Crippen LogP contribution in [0.2, 0.25) is 0 Å². The van der Waals surface area contributed by atoms with Crippen molar-refractivity contribution in [2.75, 3.05) is 13.1 Å². The minimum Gasteiger partial charge on any atom is -0.253 e. The molecule has 2 N–H and O–H groups in total. The van der Waals surface area contributed by atoms with E-state index >= 15 is 0 Å². The Kier molecular flexibility index (Phi) is 4.89. The van der Waals surface area contributed by atoms with E-state index in [4.69, 9.17) is 0 Å². The summed E-state index contributed by atoms with van der Waals surface area (Å²) in [5.41, 5.74) is 8.25. The molecule has 0 aromatic rings. The highest BCUT2D eigenvalue weighted by Gasteiger charge is 1.85. The highest BCUT2D eigenvalue weighted by atomic mass is 15.3. The van der Waals surface area contributed by atoms with Crippen molar-refractivity contribution in [2.45, 2.75) is 13.8 Å². The van der Waals surface area contributed by atoms with Crippen molar-refractivity contribution >= 4 is 0 Å². The average molecular weight is 140 g/mol. The Balaban J connectivity index is 3.06.